The lowest BCUT2D eigenvalue weighted by molar-refractivity contribution is -0.129. The third-order valence-corrected chi connectivity index (χ3v) is 4.97. The molecule has 0 aromatic heterocycles. The third kappa shape index (κ3) is 4.70. The summed E-state index contributed by atoms with van der Waals surface area (Å²) in [5.41, 5.74) is 2.67. The van der Waals surface area contributed by atoms with E-state index >= 15 is 0 Å². The predicted molar refractivity (Wildman–Crippen MR) is 108 cm³/mol. The Bertz CT molecular complexity index is 827. The number of carbonyl (C=O) groups excluding carboxylic acids is 1. The summed E-state index contributed by atoms with van der Waals surface area (Å²) >= 11 is 3.46. The van der Waals surface area contributed by atoms with Gasteiger partial charge in [0.2, 0.25) is 5.91 Å². The van der Waals surface area contributed by atoms with Crippen molar-refractivity contribution in [2.24, 2.45) is 0 Å². The van der Waals surface area contributed by atoms with E-state index in [4.69, 9.17) is 14.2 Å². The van der Waals surface area contributed by atoms with Crippen LogP contribution in [0.25, 0.3) is 5.57 Å². The number of hydrogen-bond acceptors (Lipinski definition) is 4. The fourth-order valence-corrected chi connectivity index (χ4v) is 3.23. The van der Waals surface area contributed by atoms with Crippen LogP contribution in [-0.4, -0.2) is 51.3 Å². The van der Waals surface area contributed by atoms with Gasteiger partial charge in [-0.05, 0) is 41.0 Å². The lowest BCUT2D eigenvalue weighted by atomic mass is 9.97. The number of halogens is 1. The van der Waals surface area contributed by atoms with Crippen LogP contribution >= 0.6 is 15.9 Å². The molecule has 0 aliphatic carbocycles. The molecule has 6 heteroatoms. The second-order valence-electron chi connectivity index (χ2n) is 6.07. The zero-order chi connectivity index (χ0) is 19.2. The SMILES string of the molecule is COc1ccc(C(=CC(=O)N2CCOCC2)c2ccc(Br)cc2)cc1OC. The highest BCUT2D eigenvalue weighted by Crippen LogP contribution is 2.33. The van der Waals surface area contributed by atoms with Gasteiger partial charge in [-0.2, -0.15) is 0 Å². The molecule has 1 aliphatic rings. The van der Waals surface area contributed by atoms with Gasteiger partial charge in [0.1, 0.15) is 0 Å². The first kappa shape index (κ1) is 19.5. The Morgan fingerprint density at radius 2 is 1.63 bits per heavy atom. The highest BCUT2D eigenvalue weighted by atomic mass is 79.9. The predicted octanol–water partition coefficient (Wildman–Crippen LogP) is 3.76. The molecule has 142 valence electrons. The molecule has 0 bridgehead atoms. The normalized spacial score (nSPS) is 14.8. The van der Waals surface area contributed by atoms with Crippen LogP contribution in [-0.2, 0) is 9.53 Å². The van der Waals surface area contributed by atoms with Gasteiger partial charge >= 0.3 is 0 Å². The monoisotopic (exact) mass is 431 g/mol. The van der Waals surface area contributed by atoms with Crippen molar-refractivity contribution >= 4 is 27.4 Å². The highest BCUT2D eigenvalue weighted by molar-refractivity contribution is 9.10. The van der Waals surface area contributed by atoms with Crippen LogP contribution in [0, 0.1) is 0 Å². The van der Waals surface area contributed by atoms with Gasteiger partial charge in [0.25, 0.3) is 0 Å². The lowest BCUT2D eigenvalue weighted by Crippen LogP contribution is -2.39. The highest BCUT2D eigenvalue weighted by Gasteiger charge is 2.17. The Kier molecular flexibility index (Phi) is 6.53. The summed E-state index contributed by atoms with van der Waals surface area (Å²) in [7, 11) is 3.20. The average Bonchev–Trinajstić information content (AvgIpc) is 2.72. The van der Waals surface area contributed by atoms with Crippen LogP contribution < -0.4 is 9.47 Å². The van der Waals surface area contributed by atoms with Crippen LogP contribution in [0.4, 0.5) is 0 Å². The van der Waals surface area contributed by atoms with E-state index in [9.17, 15) is 4.79 Å². The fourth-order valence-electron chi connectivity index (χ4n) is 2.97. The summed E-state index contributed by atoms with van der Waals surface area (Å²) in [4.78, 5) is 14.6. The quantitative estimate of drug-likeness (QED) is 0.676. The minimum absolute atomic E-state index is 0.0222. The number of methoxy groups -OCH3 is 2. The van der Waals surface area contributed by atoms with Gasteiger partial charge in [-0.3, -0.25) is 4.79 Å². The molecule has 1 amide bonds. The van der Waals surface area contributed by atoms with E-state index in [0.29, 0.717) is 37.8 Å². The molecule has 1 heterocycles. The number of ether oxygens (including phenoxy) is 3. The molecule has 0 radical (unpaired) electrons. The van der Waals surface area contributed by atoms with Gasteiger partial charge < -0.3 is 19.1 Å². The lowest BCUT2D eigenvalue weighted by Gasteiger charge is -2.26. The number of carbonyl (C=O) groups is 1. The Balaban J connectivity index is 2.03. The van der Waals surface area contributed by atoms with E-state index in [1.54, 1.807) is 20.3 Å². The fraction of sp³-hybridized carbons (Fsp3) is 0.286. The molecule has 2 aromatic carbocycles. The van der Waals surface area contributed by atoms with Crippen LogP contribution in [0.1, 0.15) is 11.1 Å². The molecule has 3 rings (SSSR count). The van der Waals surface area contributed by atoms with Gasteiger partial charge in [-0.1, -0.05) is 34.1 Å². The molecule has 1 aliphatic heterocycles. The van der Waals surface area contributed by atoms with Crippen molar-refractivity contribution in [3.8, 4) is 11.5 Å². The van der Waals surface area contributed by atoms with Crippen molar-refractivity contribution in [1.29, 1.82) is 0 Å². The van der Waals surface area contributed by atoms with Crippen LogP contribution in [0.15, 0.2) is 53.0 Å². The first-order valence-electron chi connectivity index (χ1n) is 8.69. The van der Waals surface area contributed by atoms with Gasteiger partial charge in [0, 0.05) is 23.6 Å². The maximum absolute atomic E-state index is 12.8. The van der Waals surface area contributed by atoms with E-state index in [0.717, 1.165) is 21.2 Å². The van der Waals surface area contributed by atoms with Crippen LogP contribution in [0.3, 0.4) is 0 Å². The van der Waals surface area contributed by atoms with E-state index < -0.39 is 0 Å². The zero-order valence-corrected chi connectivity index (χ0v) is 17.0. The van der Waals surface area contributed by atoms with Crippen molar-refractivity contribution in [2.75, 3.05) is 40.5 Å². The molecule has 0 unspecified atom stereocenters. The second kappa shape index (κ2) is 9.06. The van der Waals surface area contributed by atoms with Gasteiger partial charge in [-0.15, -0.1) is 0 Å². The topological polar surface area (TPSA) is 48.0 Å². The molecule has 0 spiro atoms. The summed E-state index contributed by atoms with van der Waals surface area (Å²) in [6, 6.07) is 13.6. The van der Waals surface area contributed by atoms with Crippen LogP contribution in [0.5, 0.6) is 11.5 Å². The van der Waals surface area contributed by atoms with Gasteiger partial charge in [0.05, 0.1) is 27.4 Å². The first-order chi connectivity index (χ1) is 13.1. The van der Waals surface area contributed by atoms with Crippen molar-refractivity contribution < 1.29 is 19.0 Å². The molecule has 0 N–H and O–H groups in total. The standard InChI is InChI=1S/C21H22BrNO4/c1-25-19-8-5-16(13-20(19)26-2)18(15-3-6-17(22)7-4-15)14-21(24)23-9-11-27-12-10-23/h3-8,13-14H,9-12H2,1-2H3. The molecule has 27 heavy (non-hydrogen) atoms. The molecule has 0 saturated carbocycles. The average molecular weight is 432 g/mol. The molecule has 0 atom stereocenters. The minimum atomic E-state index is -0.0222. The van der Waals surface area contributed by atoms with E-state index in [1.165, 1.54) is 0 Å². The van der Waals surface area contributed by atoms with Crippen LogP contribution in [0.2, 0.25) is 0 Å². The Labute approximate surface area is 167 Å². The van der Waals surface area contributed by atoms with Crippen molar-refractivity contribution in [3.63, 3.8) is 0 Å². The summed E-state index contributed by atoms with van der Waals surface area (Å²) in [5.74, 6) is 1.25. The molecular weight excluding hydrogens is 410 g/mol. The maximum atomic E-state index is 12.8. The van der Waals surface area contributed by atoms with E-state index in [-0.39, 0.29) is 5.91 Å². The first-order valence-corrected chi connectivity index (χ1v) is 9.48. The number of hydrogen-bond donors (Lipinski definition) is 0. The van der Waals surface area contributed by atoms with Gasteiger partial charge in [-0.25, -0.2) is 0 Å². The molecule has 1 saturated heterocycles. The van der Waals surface area contributed by atoms with Crippen molar-refractivity contribution in [3.05, 3.63) is 64.1 Å². The summed E-state index contributed by atoms with van der Waals surface area (Å²) in [6.07, 6.45) is 1.69. The van der Waals surface area contributed by atoms with Crippen molar-refractivity contribution in [1.82, 2.24) is 4.90 Å². The third-order valence-electron chi connectivity index (χ3n) is 4.44. The van der Waals surface area contributed by atoms with E-state index in [2.05, 4.69) is 15.9 Å². The van der Waals surface area contributed by atoms with E-state index in [1.807, 2.05) is 47.4 Å². The van der Waals surface area contributed by atoms with Gasteiger partial charge in [0.15, 0.2) is 11.5 Å². The van der Waals surface area contributed by atoms with Crippen molar-refractivity contribution in [2.45, 2.75) is 0 Å². The summed E-state index contributed by atoms with van der Waals surface area (Å²) < 4.78 is 17.1. The Hall–Kier alpha value is -2.31. The molecule has 2 aromatic rings. The number of nitrogens with zero attached hydrogens (tertiary/aromatic N) is 1. The zero-order valence-electron chi connectivity index (χ0n) is 15.4. The second-order valence-corrected chi connectivity index (χ2v) is 6.99. The molecule has 5 nitrogen and oxygen atoms in total. The Morgan fingerprint density at radius 1 is 1.00 bits per heavy atom. The summed E-state index contributed by atoms with van der Waals surface area (Å²) in [5, 5.41) is 0. The molecule has 1 fully saturated rings. The maximum Gasteiger partial charge on any atom is 0.247 e. The minimum Gasteiger partial charge on any atom is -0.493 e. The number of amides is 1. The number of benzene rings is 2. The number of rotatable bonds is 5. The largest absolute Gasteiger partial charge is 0.493 e. The Morgan fingerprint density at radius 3 is 2.26 bits per heavy atom. The summed E-state index contributed by atoms with van der Waals surface area (Å²) in [6.45, 7) is 2.36. The number of morpholine rings is 1. The smallest absolute Gasteiger partial charge is 0.247 e. The molecular formula is C21H22BrNO4.